The number of carbonyl (C=O) groups excluding carboxylic acids is 2. The van der Waals surface area contributed by atoms with Crippen LogP contribution < -0.4 is 0 Å². The number of carbonyl (C=O) groups is 2. The van der Waals surface area contributed by atoms with E-state index in [0.29, 0.717) is 19.3 Å². The molecule has 52 heavy (non-hydrogen) atoms. The Morgan fingerprint density at radius 1 is 0.615 bits per heavy atom. The van der Waals surface area contributed by atoms with Crippen molar-refractivity contribution in [2.45, 2.75) is 180 Å². The highest BCUT2D eigenvalue weighted by atomic mass is 31.2. The molecular weight excluding hydrogens is 679 g/mol. The molecule has 0 aromatic carbocycles. The number of hydrogen-bond acceptors (Lipinski definition) is 7. The second kappa shape index (κ2) is 33.3. The van der Waals surface area contributed by atoms with Crippen molar-refractivity contribution in [2.24, 2.45) is 0 Å². The van der Waals surface area contributed by atoms with E-state index in [-0.39, 0.29) is 31.7 Å². The molecule has 0 spiro atoms. The SMILES string of the molecule is CCCCC/C=C\C/C=C\C/C=C\CC1OC1CCCC(=O)O[C@H](COC(=O)CCCCCCCC/C=C\C/C=C\CCCCC)COP(=O)(O)O. The number of hydrogen-bond donors (Lipinski definition) is 2. The third kappa shape index (κ3) is 32.4. The zero-order valence-electron chi connectivity index (χ0n) is 32.4. The van der Waals surface area contributed by atoms with Crippen LogP contribution in [0, 0.1) is 0 Å². The summed E-state index contributed by atoms with van der Waals surface area (Å²) in [5.74, 6) is -0.978. The zero-order chi connectivity index (χ0) is 38.0. The topological polar surface area (TPSA) is 132 Å². The second-order valence-corrected chi connectivity index (χ2v) is 14.9. The van der Waals surface area contributed by atoms with Crippen LogP contribution in [0.4, 0.5) is 0 Å². The smallest absolute Gasteiger partial charge is 0.462 e. The van der Waals surface area contributed by atoms with Gasteiger partial charge in [0.1, 0.15) is 6.61 Å². The van der Waals surface area contributed by atoms with E-state index in [2.05, 4.69) is 79.1 Å². The first-order valence-corrected chi connectivity index (χ1v) is 21.7. The molecule has 0 aliphatic carbocycles. The van der Waals surface area contributed by atoms with Crippen LogP contribution in [0.2, 0.25) is 0 Å². The Hall–Kier alpha value is -2.29. The van der Waals surface area contributed by atoms with Crippen molar-refractivity contribution >= 4 is 19.8 Å². The van der Waals surface area contributed by atoms with Gasteiger partial charge >= 0.3 is 19.8 Å². The molecule has 2 unspecified atom stereocenters. The minimum absolute atomic E-state index is 0.111. The molecule has 1 fully saturated rings. The summed E-state index contributed by atoms with van der Waals surface area (Å²) in [7, 11) is -4.78. The van der Waals surface area contributed by atoms with Gasteiger partial charge in [-0.25, -0.2) is 4.57 Å². The molecule has 3 atom stereocenters. The van der Waals surface area contributed by atoms with Crippen LogP contribution in [0.25, 0.3) is 0 Å². The maximum absolute atomic E-state index is 12.5. The van der Waals surface area contributed by atoms with Gasteiger partial charge in [-0.2, -0.15) is 0 Å². The normalized spacial score (nSPS) is 17.0. The quantitative estimate of drug-likeness (QED) is 0.0213. The molecule has 0 radical (unpaired) electrons. The number of epoxide rings is 1. The van der Waals surface area contributed by atoms with Crippen LogP contribution in [-0.2, 0) is 32.9 Å². The van der Waals surface area contributed by atoms with Crippen molar-refractivity contribution < 1.29 is 42.7 Å². The number of ether oxygens (including phenoxy) is 3. The number of rotatable bonds is 35. The van der Waals surface area contributed by atoms with Crippen LogP contribution in [0.1, 0.15) is 162 Å². The van der Waals surface area contributed by atoms with Gasteiger partial charge in [0.05, 0.1) is 18.8 Å². The highest BCUT2D eigenvalue weighted by Gasteiger charge is 2.36. The van der Waals surface area contributed by atoms with Gasteiger partial charge in [-0.1, -0.05) is 126 Å². The Kier molecular flexibility index (Phi) is 30.6. The molecule has 1 aliphatic rings. The number of phosphoric acid groups is 1. The number of unbranched alkanes of at least 4 members (excludes halogenated alkanes) is 12. The lowest BCUT2D eigenvalue weighted by molar-refractivity contribution is -0.161. The van der Waals surface area contributed by atoms with Crippen LogP contribution in [0.3, 0.4) is 0 Å². The van der Waals surface area contributed by atoms with E-state index in [0.717, 1.165) is 70.6 Å². The monoisotopic (exact) mass is 750 g/mol. The first-order chi connectivity index (χ1) is 25.2. The van der Waals surface area contributed by atoms with Gasteiger partial charge in [0.2, 0.25) is 0 Å². The molecule has 298 valence electrons. The van der Waals surface area contributed by atoms with E-state index in [1.165, 1.54) is 44.9 Å². The summed E-state index contributed by atoms with van der Waals surface area (Å²) in [6, 6.07) is 0. The molecule has 0 amide bonds. The summed E-state index contributed by atoms with van der Waals surface area (Å²) in [5, 5.41) is 0. The Balaban J connectivity index is 2.15. The van der Waals surface area contributed by atoms with Crippen molar-refractivity contribution in [1.29, 1.82) is 0 Å². The van der Waals surface area contributed by atoms with Crippen molar-refractivity contribution in [3.05, 3.63) is 60.8 Å². The van der Waals surface area contributed by atoms with Crippen molar-refractivity contribution in [2.75, 3.05) is 13.2 Å². The fourth-order valence-corrected chi connectivity index (χ4v) is 5.91. The van der Waals surface area contributed by atoms with E-state index in [9.17, 15) is 14.2 Å². The zero-order valence-corrected chi connectivity index (χ0v) is 33.3. The molecule has 2 N–H and O–H groups in total. The van der Waals surface area contributed by atoms with Crippen molar-refractivity contribution in [3.63, 3.8) is 0 Å². The van der Waals surface area contributed by atoms with Crippen molar-refractivity contribution in [1.82, 2.24) is 0 Å². The van der Waals surface area contributed by atoms with E-state index in [4.69, 9.17) is 24.0 Å². The van der Waals surface area contributed by atoms with Crippen LogP contribution in [0.15, 0.2) is 60.8 Å². The fourth-order valence-electron chi connectivity index (χ4n) is 5.55. The number of esters is 2. The Labute approximate surface area is 315 Å². The maximum Gasteiger partial charge on any atom is 0.469 e. The molecule has 10 heteroatoms. The minimum Gasteiger partial charge on any atom is -0.462 e. The molecule has 1 heterocycles. The second-order valence-electron chi connectivity index (χ2n) is 13.6. The summed E-state index contributed by atoms with van der Waals surface area (Å²) in [4.78, 5) is 42.9. The molecule has 1 saturated heterocycles. The molecule has 1 aliphatic heterocycles. The third-order valence-electron chi connectivity index (χ3n) is 8.68. The standard InChI is InChI=1S/C42H71O9P/c1-3-5-7-9-11-13-15-17-18-19-20-22-24-26-28-30-34-41(43)48-36-38(37-49-52(45,46)47)50-42(44)35-31-33-40-39(51-40)32-29-27-25-23-21-16-14-12-10-8-6-4-2/h11-14,17-18,21,23,27,29,38-40H,3-10,15-16,19-20,22,24-26,28,30-37H2,1-2H3,(H2,45,46,47)/b13-11-,14-12-,18-17-,23-21-,29-27-/t38-,39?,40?/m1/s1. The van der Waals surface area contributed by atoms with E-state index >= 15 is 0 Å². The molecule has 0 bridgehead atoms. The van der Waals surface area contributed by atoms with Gasteiger partial charge in [0, 0.05) is 12.8 Å². The minimum atomic E-state index is -4.78. The third-order valence-corrected chi connectivity index (χ3v) is 9.17. The van der Waals surface area contributed by atoms with Gasteiger partial charge in [-0.15, -0.1) is 0 Å². The largest absolute Gasteiger partial charge is 0.469 e. The predicted molar refractivity (Wildman–Crippen MR) is 211 cm³/mol. The van der Waals surface area contributed by atoms with E-state index in [1.807, 2.05) is 0 Å². The first kappa shape index (κ1) is 47.7. The Morgan fingerprint density at radius 2 is 1.12 bits per heavy atom. The summed E-state index contributed by atoms with van der Waals surface area (Å²) in [6.07, 6.45) is 43.8. The van der Waals surface area contributed by atoms with Crippen LogP contribution >= 0.6 is 7.82 Å². The highest BCUT2D eigenvalue weighted by molar-refractivity contribution is 7.46. The summed E-state index contributed by atoms with van der Waals surface area (Å²) < 4.78 is 32.1. The fraction of sp³-hybridized carbons (Fsp3) is 0.714. The molecule has 0 saturated carbocycles. The van der Waals surface area contributed by atoms with Gasteiger partial charge < -0.3 is 24.0 Å². The van der Waals surface area contributed by atoms with Gasteiger partial charge in [0.15, 0.2) is 6.10 Å². The summed E-state index contributed by atoms with van der Waals surface area (Å²) in [6.45, 7) is 3.55. The lowest BCUT2D eigenvalue weighted by Gasteiger charge is -2.18. The predicted octanol–water partition coefficient (Wildman–Crippen LogP) is 11.1. The lowest BCUT2D eigenvalue weighted by Crippen LogP contribution is -2.29. The maximum atomic E-state index is 12.5. The Bertz CT molecular complexity index is 1090. The molecule has 9 nitrogen and oxygen atoms in total. The summed E-state index contributed by atoms with van der Waals surface area (Å²) >= 11 is 0. The van der Waals surface area contributed by atoms with E-state index < -0.39 is 32.5 Å². The average molecular weight is 751 g/mol. The molecular formula is C42H71O9P. The lowest BCUT2D eigenvalue weighted by atomic mass is 10.1. The van der Waals surface area contributed by atoms with Crippen LogP contribution in [-0.4, -0.2) is 53.3 Å². The van der Waals surface area contributed by atoms with Gasteiger partial charge in [-0.05, 0) is 83.5 Å². The van der Waals surface area contributed by atoms with Crippen molar-refractivity contribution in [3.8, 4) is 0 Å². The van der Waals surface area contributed by atoms with Crippen LogP contribution in [0.5, 0.6) is 0 Å². The number of phosphoric ester groups is 1. The average Bonchev–Trinajstić information content (AvgIpc) is 3.87. The van der Waals surface area contributed by atoms with Gasteiger partial charge in [-0.3, -0.25) is 14.1 Å². The molecule has 0 aromatic heterocycles. The highest BCUT2D eigenvalue weighted by Crippen LogP contribution is 2.36. The Morgan fingerprint density at radius 3 is 1.69 bits per heavy atom. The molecule has 1 rings (SSSR count). The van der Waals surface area contributed by atoms with Gasteiger partial charge in [0.25, 0.3) is 0 Å². The van der Waals surface area contributed by atoms with E-state index in [1.54, 1.807) is 0 Å². The molecule has 0 aromatic rings. The summed E-state index contributed by atoms with van der Waals surface area (Å²) in [5.41, 5.74) is 0. The number of allylic oxidation sites excluding steroid dienone is 9. The first-order valence-electron chi connectivity index (χ1n) is 20.2.